The molecule has 0 atom stereocenters. The van der Waals surface area contributed by atoms with E-state index in [4.69, 9.17) is 9.97 Å². The van der Waals surface area contributed by atoms with Crippen molar-refractivity contribution in [2.24, 2.45) is 0 Å². The molecule has 2 heterocycles. The van der Waals surface area contributed by atoms with Crippen molar-refractivity contribution < 1.29 is 0 Å². The number of benzene rings is 3. The monoisotopic (exact) mass is 434 g/mol. The molecule has 1 aliphatic rings. The highest BCUT2D eigenvalue weighted by Gasteiger charge is 2.35. The molecule has 2 nitrogen and oxygen atoms in total. The van der Waals surface area contributed by atoms with Gasteiger partial charge in [0.1, 0.15) is 5.82 Å². The SMILES string of the molecule is CC(C)(C)c1nc(-c2ccc3c(c2)C(C)(C)c2ccccc2-3)c2sc3ccccc3c2n1. The molecule has 5 aromatic rings. The number of thiophene rings is 1. The number of fused-ring (bicyclic) bond motifs is 6. The van der Waals surface area contributed by atoms with Gasteiger partial charge in [0.15, 0.2) is 0 Å². The van der Waals surface area contributed by atoms with E-state index in [1.807, 2.05) is 0 Å². The zero-order valence-electron chi connectivity index (χ0n) is 19.2. The van der Waals surface area contributed by atoms with Crippen LogP contribution in [0.3, 0.4) is 0 Å². The number of nitrogens with zero attached hydrogens (tertiary/aromatic N) is 2. The molecule has 0 N–H and O–H groups in total. The molecule has 0 fully saturated rings. The van der Waals surface area contributed by atoms with Crippen LogP contribution in [0.1, 0.15) is 51.6 Å². The van der Waals surface area contributed by atoms with Crippen LogP contribution >= 0.6 is 11.3 Å². The topological polar surface area (TPSA) is 25.8 Å². The van der Waals surface area contributed by atoms with Crippen molar-refractivity contribution in [2.45, 2.75) is 45.4 Å². The lowest BCUT2D eigenvalue weighted by molar-refractivity contribution is 0.549. The average molecular weight is 435 g/mol. The van der Waals surface area contributed by atoms with Crippen LogP contribution in [-0.2, 0) is 10.8 Å². The molecule has 3 aromatic carbocycles. The summed E-state index contributed by atoms with van der Waals surface area (Å²) in [5.41, 5.74) is 8.61. The van der Waals surface area contributed by atoms with Gasteiger partial charge in [0.25, 0.3) is 0 Å². The van der Waals surface area contributed by atoms with Crippen molar-refractivity contribution >= 4 is 31.6 Å². The fourth-order valence-electron chi connectivity index (χ4n) is 4.97. The standard InChI is InChI=1S/C29H26N2S/c1-28(2,3)27-30-24(26-25(31-27)20-11-7-9-13-23(20)32-26)17-14-15-19-18-10-6-8-12-21(18)29(4,5)22(19)16-17/h6-16H,1-5H3. The van der Waals surface area contributed by atoms with Gasteiger partial charge in [-0.15, -0.1) is 11.3 Å². The van der Waals surface area contributed by atoms with E-state index in [0.717, 1.165) is 17.0 Å². The molecule has 1 aliphatic carbocycles. The van der Waals surface area contributed by atoms with E-state index in [1.54, 1.807) is 11.3 Å². The predicted molar refractivity (Wildman–Crippen MR) is 137 cm³/mol. The van der Waals surface area contributed by atoms with Gasteiger partial charge in [-0.05, 0) is 34.4 Å². The Kier molecular flexibility index (Phi) is 3.98. The highest BCUT2D eigenvalue weighted by atomic mass is 32.1. The van der Waals surface area contributed by atoms with Crippen molar-refractivity contribution in [2.75, 3.05) is 0 Å². The first-order valence-electron chi connectivity index (χ1n) is 11.2. The maximum absolute atomic E-state index is 5.16. The smallest absolute Gasteiger partial charge is 0.135 e. The Bertz CT molecular complexity index is 1530. The first-order chi connectivity index (χ1) is 15.2. The lowest BCUT2D eigenvalue weighted by Crippen LogP contribution is -2.17. The summed E-state index contributed by atoms with van der Waals surface area (Å²) >= 11 is 1.80. The predicted octanol–water partition coefficient (Wildman–Crippen LogP) is 8.12. The second kappa shape index (κ2) is 6.49. The van der Waals surface area contributed by atoms with Crippen molar-refractivity contribution in [1.29, 1.82) is 0 Å². The van der Waals surface area contributed by atoms with Gasteiger partial charge in [0.05, 0.1) is 15.9 Å². The van der Waals surface area contributed by atoms with E-state index in [-0.39, 0.29) is 10.8 Å². The third-order valence-corrected chi connectivity index (χ3v) is 7.91. The first kappa shape index (κ1) is 19.6. The first-order valence-corrected chi connectivity index (χ1v) is 12.0. The van der Waals surface area contributed by atoms with Crippen LogP contribution in [0.5, 0.6) is 0 Å². The molecule has 0 saturated carbocycles. The molecular weight excluding hydrogens is 408 g/mol. The Labute approximate surface area is 193 Å². The molecule has 0 radical (unpaired) electrons. The van der Waals surface area contributed by atoms with Crippen molar-refractivity contribution in [3.8, 4) is 22.4 Å². The minimum Gasteiger partial charge on any atom is -0.231 e. The summed E-state index contributed by atoms with van der Waals surface area (Å²) in [6.45, 7) is 11.2. The zero-order chi connectivity index (χ0) is 22.3. The normalized spacial score (nSPS) is 14.7. The van der Waals surface area contributed by atoms with Gasteiger partial charge in [0, 0.05) is 26.5 Å². The molecule has 0 amide bonds. The van der Waals surface area contributed by atoms with E-state index in [2.05, 4.69) is 101 Å². The Morgan fingerprint density at radius 3 is 2.31 bits per heavy atom. The summed E-state index contributed by atoms with van der Waals surface area (Å²) in [4.78, 5) is 10.2. The Balaban J connectivity index is 1.65. The minimum atomic E-state index is -0.127. The minimum absolute atomic E-state index is 0.0267. The fourth-order valence-corrected chi connectivity index (χ4v) is 6.13. The summed E-state index contributed by atoms with van der Waals surface area (Å²) in [6, 6.07) is 24.3. The lowest BCUT2D eigenvalue weighted by Gasteiger charge is -2.22. The van der Waals surface area contributed by atoms with Gasteiger partial charge in [0.2, 0.25) is 0 Å². The van der Waals surface area contributed by atoms with Crippen molar-refractivity contribution in [3.05, 3.63) is 83.7 Å². The molecule has 0 saturated heterocycles. The summed E-state index contributed by atoms with van der Waals surface area (Å²) in [6.07, 6.45) is 0. The largest absolute Gasteiger partial charge is 0.231 e. The second-order valence-corrected chi connectivity index (χ2v) is 11.4. The van der Waals surface area contributed by atoms with Crippen LogP contribution < -0.4 is 0 Å². The van der Waals surface area contributed by atoms with Crippen LogP contribution in [-0.4, -0.2) is 9.97 Å². The Morgan fingerprint density at radius 2 is 1.50 bits per heavy atom. The molecule has 0 spiro atoms. The van der Waals surface area contributed by atoms with Crippen molar-refractivity contribution in [1.82, 2.24) is 9.97 Å². The van der Waals surface area contributed by atoms with E-state index >= 15 is 0 Å². The zero-order valence-corrected chi connectivity index (χ0v) is 20.0. The molecule has 2 aromatic heterocycles. The number of hydrogen-bond donors (Lipinski definition) is 0. The summed E-state index contributed by atoms with van der Waals surface area (Å²) < 4.78 is 2.44. The van der Waals surface area contributed by atoms with E-state index in [1.165, 1.54) is 42.6 Å². The van der Waals surface area contributed by atoms with Gasteiger partial charge >= 0.3 is 0 Å². The van der Waals surface area contributed by atoms with E-state index in [9.17, 15) is 0 Å². The average Bonchev–Trinajstić information content (AvgIpc) is 3.26. The summed E-state index contributed by atoms with van der Waals surface area (Å²) in [5.74, 6) is 0.895. The fraction of sp³-hybridized carbons (Fsp3) is 0.241. The third kappa shape index (κ3) is 2.70. The van der Waals surface area contributed by atoms with Crippen LogP contribution in [0, 0.1) is 0 Å². The molecule has 6 rings (SSSR count). The third-order valence-electron chi connectivity index (χ3n) is 6.75. The van der Waals surface area contributed by atoms with Crippen LogP contribution in [0.4, 0.5) is 0 Å². The Hall–Kier alpha value is -3.04. The van der Waals surface area contributed by atoms with Gasteiger partial charge < -0.3 is 0 Å². The second-order valence-electron chi connectivity index (χ2n) is 10.4. The molecule has 158 valence electrons. The summed E-state index contributed by atoms with van der Waals surface area (Å²) in [5, 5.41) is 1.22. The highest BCUT2D eigenvalue weighted by molar-refractivity contribution is 7.26. The highest BCUT2D eigenvalue weighted by Crippen LogP contribution is 2.50. The molecular formula is C29H26N2S. The van der Waals surface area contributed by atoms with E-state index < -0.39 is 0 Å². The molecule has 3 heteroatoms. The van der Waals surface area contributed by atoms with Crippen LogP contribution in [0.2, 0.25) is 0 Å². The lowest BCUT2D eigenvalue weighted by atomic mass is 9.82. The summed E-state index contributed by atoms with van der Waals surface area (Å²) in [7, 11) is 0. The van der Waals surface area contributed by atoms with Gasteiger partial charge in [-0.2, -0.15) is 0 Å². The number of rotatable bonds is 1. The quantitative estimate of drug-likeness (QED) is 0.266. The van der Waals surface area contributed by atoms with Crippen molar-refractivity contribution in [3.63, 3.8) is 0 Å². The maximum atomic E-state index is 5.16. The van der Waals surface area contributed by atoms with E-state index in [0.29, 0.717) is 0 Å². The molecule has 32 heavy (non-hydrogen) atoms. The number of aromatic nitrogens is 2. The molecule has 0 bridgehead atoms. The molecule has 0 aliphatic heterocycles. The van der Waals surface area contributed by atoms with Gasteiger partial charge in [-0.25, -0.2) is 9.97 Å². The van der Waals surface area contributed by atoms with Gasteiger partial charge in [-0.3, -0.25) is 0 Å². The van der Waals surface area contributed by atoms with Crippen LogP contribution in [0.15, 0.2) is 66.7 Å². The number of hydrogen-bond acceptors (Lipinski definition) is 3. The molecule has 0 unspecified atom stereocenters. The van der Waals surface area contributed by atoms with Gasteiger partial charge in [-0.1, -0.05) is 89.2 Å². The van der Waals surface area contributed by atoms with Crippen LogP contribution in [0.25, 0.3) is 42.7 Å². The maximum Gasteiger partial charge on any atom is 0.135 e. The Morgan fingerprint density at radius 1 is 0.781 bits per heavy atom.